The summed E-state index contributed by atoms with van der Waals surface area (Å²) in [4.78, 5) is 15.8. The normalized spacial score (nSPS) is 11.1. The van der Waals surface area contributed by atoms with Crippen molar-refractivity contribution in [2.24, 2.45) is 0 Å². The minimum atomic E-state index is -4.20. The standard InChI is InChI=1S/C16H10ClNO2.C10H9NO3S/c17-11-7-5-10(6-8-11)15-9-13(16(19)20)12-3-1-2-4-14(12)18-15;11-9-5-1-4-8-7(9)3-2-6-10(8)15(12,13)14/h1-9H,(H,19,20);1-6H,11H2,(H,12,13,14). The number of anilines is 1. The average Bonchev–Trinajstić information content (AvgIpc) is 2.83. The fourth-order valence-corrected chi connectivity index (χ4v) is 4.48. The fourth-order valence-electron chi connectivity index (χ4n) is 3.65. The molecule has 1 heterocycles. The van der Waals surface area contributed by atoms with Gasteiger partial charge >= 0.3 is 5.97 Å². The van der Waals surface area contributed by atoms with Crippen LogP contribution in [0, 0.1) is 0 Å². The number of para-hydroxylation sites is 1. The molecule has 176 valence electrons. The SMILES string of the molecule is Nc1cccc2c(S(=O)(=O)O)cccc12.O=C(O)c1cc(-c2ccc(Cl)cc2)nc2ccccc12. The summed E-state index contributed by atoms with van der Waals surface area (Å²) < 4.78 is 31.2. The Morgan fingerprint density at radius 3 is 2.14 bits per heavy atom. The highest BCUT2D eigenvalue weighted by molar-refractivity contribution is 7.86. The smallest absolute Gasteiger partial charge is 0.336 e. The Hall–Kier alpha value is -3.98. The van der Waals surface area contributed by atoms with Gasteiger partial charge in [0.1, 0.15) is 4.90 Å². The van der Waals surface area contributed by atoms with E-state index in [0.29, 0.717) is 38.1 Å². The van der Waals surface area contributed by atoms with E-state index in [1.54, 1.807) is 66.7 Å². The first-order chi connectivity index (χ1) is 16.6. The maximum Gasteiger partial charge on any atom is 0.336 e. The molecule has 9 heteroatoms. The third-order valence-electron chi connectivity index (χ3n) is 5.28. The van der Waals surface area contributed by atoms with E-state index in [0.717, 1.165) is 5.56 Å². The van der Waals surface area contributed by atoms with Gasteiger partial charge in [-0.2, -0.15) is 8.42 Å². The van der Waals surface area contributed by atoms with Crippen LogP contribution in [0.1, 0.15) is 10.4 Å². The summed E-state index contributed by atoms with van der Waals surface area (Å²) in [7, 11) is -4.20. The number of nitrogens with zero attached hydrogens (tertiary/aromatic N) is 1. The second kappa shape index (κ2) is 9.71. The molecule has 0 atom stereocenters. The van der Waals surface area contributed by atoms with Crippen molar-refractivity contribution in [2.45, 2.75) is 4.90 Å². The fraction of sp³-hybridized carbons (Fsp3) is 0. The summed E-state index contributed by atoms with van der Waals surface area (Å²) >= 11 is 5.86. The molecule has 0 aliphatic carbocycles. The highest BCUT2D eigenvalue weighted by Crippen LogP contribution is 2.27. The molecule has 0 fully saturated rings. The van der Waals surface area contributed by atoms with Crippen LogP contribution in [0.25, 0.3) is 32.9 Å². The first-order valence-corrected chi connectivity index (χ1v) is 12.1. The van der Waals surface area contributed by atoms with Crippen LogP contribution in [0.15, 0.2) is 95.9 Å². The van der Waals surface area contributed by atoms with Crippen molar-refractivity contribution < 1.29 is 22.9 Å². The number of pyridine rings is 1. The molecule has 0 saturated carbocycles. The van der Waals surface area contributed by atoms with E-state index in [9.17, 15) is 18.3 Å². The molecule has 0 spiro atoms. The topological polar surface area (TPSA) is 131 Å². The molecule has 1 aromatic heterocycles. The summed E-state index contributed by atoms with van der Waals surface area (Å²) in [6.07, 6.45) is 0. The number of fused-ring (bicyclic) bond motifs is 2. The number of nitrogens with two attached hydrogens (primary N) is 1. The maximum absolute atomic E-state index is 11.4. The number of aromatic nitrogens is 1. The monoisotopic (exact) mass is 506 g/mol. The first-order valence-electron chi connectivity index (χ1n) is 10.3. The lowest BCUT2D eigenvalue weighted by molar-refractivity contribution is 0.0699. The number of hydrogen-bond acceptors (Lipinski definition) is 5. The van der Waals surface area contributed by atoms with Gasteiger partial charge < -0.3 is 10.8 Å². The van der Waals surface area contributed by atoms with Gasteiger partial charge in [-0.1, -0.05) is 66.2 Å². The van der Waals surface area contributed by atoms with Crippen molar-refractivity contribution in [3.63, 3.8) is 0 Å². The highest BCUT2D eigenvalue weighted by Gasteiger charge is 2.14. The summed E-state index contributed by atoms with van der Waals surface area (Å²) in [5.41, 5.74) is 8.55. The molecule has 0 radical (unpaired) electrons. The Labute approximate surface area is 206 Å². The van der Waals surface area contributed by atoms with Crippen LogP contribution in [-0.4, -0.2) is 29.0 Å². The van der Waals surface area contributed by atoms with Crippen LogP contribution >= 0.6 is 11.6 Å². The largest absolute Gasteiger partial charge is 0.478 e. The summed E-state index contributed by atoms with van der Waals surface area (Å²) in [5.74, 6) is -0.959. The van der Waals surface area contributed by atoms with E-state index < -0.39 is 16.1 Å². The number of carboxylic acid groups (broad SMARTS) is 1. The number of carboxylic acids is 1. The summed E-state index contributed by atoms with van der Waals surface area (Å²) in [6.45, 7) is 0. The van der Waals surface area contributed by atoms with Crippen molar-refractivity contribution in [1.29, 1.82) is 0 Å². The molecule has 5 aromatic rings. The third-order valence-corrected chi connectivity index (χ3v) is 6.44. The Morgan fingerprint density at radius 1 is 0.829 bits per heavy atom. The van der Waals surface area contributed by atoms with Gasteiger partial charge in [0.15, 0.2) is 0 Å². The molecule has 4 aromatic carbocycles. The van der Waals surface area contributed by atoms with Crippen LogP contribution in [-0.2, 0) is 10.1 Å². The van der Waals surface area contributed by atoms with Gasteiger partial charge in [0.05, 0.1) is 16.8 Å². The number of nitrogen functional groups attached to an aromatic ring is 1. The lowest BCUT2D eigenvalue weighted by Gasteiger charge is -2.07. The van der Waals surface area contributed by atoms with Gasteiger partial charge in [-0.3, -0.25) is 4.55 Å². The van der Waals surface area contributed by atoms with Gasteiger partial charge in [-0.25, -0.2) is 9.78 Å². The highest BCUT2D eigenvalue weighted by atomic mass is 35.5. The number of hydrogen-bond donors (Lipinski definition) is 3. The lowest BCUT2D eigenvalue weighted by Crippen LogP contribution is -2.00. The number of aromatic carboxylic acids is 1. The average molecular weight is 507 g/mol. The van der Waals surface area contributed by atoms with Crippen LogP contribution in [0.3, 0.4) is 0 Å². The van der Waals surface area contributed by atoms with Gasteiger partial charge in [0, 0.05) is 32.4 Å². The molecule has 0 amide bonds. The molecule has 0 saturated heterocycles. The van der Waals surface area contributed by atoms with Crippen molar-refractivity contribution in [3.05, 3.63) is 102 Å². The minimum absolute atomic E-state index is 0.118. The summed E-state index contributed by atoms with van der Waals surface area (Å²) in [6, 6.07) is 25.5. The zero-order valence-corrected chi connectivity index (χ0v) is 19.7. The third kappa shape index (κ3) is 5.25. The van der Waals surface area contributed by atoms with Gasteiger partial charge in [0.2, 0.25) is 0 Å². The molecule has 0 aliphatic rings. The van der Waals surface area contributed by atoms with Gasteiger partial charge in [0.25, 0.3) is 10.1 Å². The number of benzene rings is 4. The predicted molar refractivity (Wildman–Crippen MR) is 137 cm³/mol. The van der Waals surface area contributed by atoms with Crippen LogP contribution < -0.4 is 5.73 Å². The quantitative estimate of drug-likeness (QED) is 0.204. The molecule has 0 aliphatic heterocycles. The van der Waals surface area contributed by atoms with Crippen molar-refractivity contribution >= 4 is 55.1 Å². The van der Waals surface area contributed by atoms with Crippen molar-refractivity contribution in [2.75, 3.05) is 5.73 Å². The van der Waals surface area contributed by atoms with Crippen LogP contribution in [0.2, 0.25) is 5.02 Å². The second-order valence-corrected chi connectivity index (χ2v) is 9.38. The Bertz CT molecular complexity index is 1670. The Morgan fingerprint density at radius 2 is 1.46 bits per heavy atom. The second-order valence-electron chi connectivity index (χ2n) is 7.56. The molecular formula is C26H19ClN2O5S. The van der Waals surface area contributed by atoms with E-state index >= 15 is 0 Å². The molecule has 35 heavy (non-hydrogen) atoms. The molecule has 5 rings (SSSR count). The van der Waals surface area contributed by atoms with E-state index in [1.165, 1.54) is 6.07 Å². The van der Waals surface area contributed by atoms with E-state index in [2.05, 4.69) is 4.98 Å². The van der Waals surface area contributed by atoms with Crippen LogP contribution in [0.4, 0.5) is 5.69 Å². The van der Waals surface area contributed by atoms with Crippen molar-refractivity contribution in [1.82, 2.24) is 4.98 Å². The number of halogens is 1. The van der Waals surface area contributed by atoms with Crippen molar-refractivity contribution in [3.8, 4) is 11.3 Å². The first kappa shape index (κ1) is 24.2. The molecule has 0 unspecified atom stereocenters. The van der Waals surface area contributed by atoms with Gasteiger partial charge in [-0.05, 0) is 36.4 Å². The van der Waals surface area contributed by atoms with E-state index in [1.807, 2.05) is 18.2 Å². The lowest BCUT2D eigenvalue weighted by atomic mass is 10.0. The van der Waals surface area contributed by atoms with E-state index in [4.69, 9.17) is 21.9 Å². The van der Waals surface area contributed by atoms with Gasteiger partial charge in [-0.15, -0.1) is 0 Å². The summed E-state index contributed by atoms with van der Waals surface area (Å²) in [5, 5.41) is 11.7. The van der Waals surface area contributed by atoms with Crippen LogP contribution in [0.5, 0.6) is 0 Å². The number of carbonyl (C=O) groups is 1. The zero-order valence-electron chi connectivity index (χ0n) is 18.1. The molecular weight excluding hydrogens is 488 g/mol. The van der Waals surface area contributed by atoms with E-state index in [-0.39, 0.29) is 10.5 Å². The number of rotatable bonds is 3. The predicted octanol–water partition coefficient (Wildman–Crippen LogP) is 5.92. The molecule has 0 bridgehead atoms. The molecule has 4 N–H and O–H groups in total. The molecule has 7 nitrogen and oxygen atoms in total. The Balaban J connectivity index is 0.000000172. The Kier molecular flexibility index (Phi) is 6.70. The zero-order chi connectivity index (χ0) is 25.2. The maximum atomic E-state index is 11.4. The minimum Gasteiger partial charge on any atom is -0.478 e.